The highest BCUT2D eigenvalue weighted by Crippen LogP contribution is 2.42. The fourth-order valence-corrected chi connectivity index (χ4v) is 10.1. The van der Waals surface area contributed by atoms with Crippen molar-refractivity contribution in [3.8, 4) is 0 Å². The fourth-order valence-electron chi connectivity index (χ4n) is 2.49. The standard InChI is InChI=1S/C14H26S6/c15-7-11-9-17-13(19-11)5-3-1-2-4-6-14-18-10-12(8-16)20-14/h11-16H,1-10H2. The van der Waals surface area contributed by atoms with Crippen molar-refractivity contribution in [2.45, 2.75) is 58.2 Å². The van der Waals surface area contributed by atoms with E-state index in [0.717, 1.165) is 31.2 Å². The molecule has 0 saturated carbocycles. The first kappa shape index (κ1) is 18.4. The van der Waals surface area contributed by atoms with Gasteiger partial charge in [-0.15, -0.1) is 47.0 Å². The molecule has 0 radical (unpaired) electrons. The van der Waals surface area contributed by atoms with Gasteiger partial charge in [-0.1, -0.05) is 25.7 Å². The Bertz CT molecular complexity index is 236. The number of thiol groups is 2. The highest BCUT2D eigenvalue weighted by Gasteiger charge is 2.25. The van der Waals surface area contributed by atoms with E-state index in [2.05, 4.69) is 72.3 Å². The molecule has 118 valence electrons. The smallest absolute Gasteiger partial charge is 0.0506 e. The predicted molar refractivity (Wildman–Crippen MR) is 111 cm³/mol. The van der Waals surface area contributed by atoms with Crippen molar-refractivity contribution in [2.75, 3.05) is 23.0 Å². The van der Waals surface area contributed by atoms with Gasteiger partial charge in [0.25, 0.3) is 0 Å². The lowest BCUT2D eigenvalue weighted by atomic mass is 10.1. The van der Waals surface area contributed by atoms with E-state index in [0.29, 0.717) is 0 Å². The molecule has 2 saturated heterocycles. The average molecular weight is 387 g/mol. The third-order valence-corrected chi connectivity index (χ3v) is 11.9. The maximum absolute atomic E-state index is 4.41. The second kappa shape index (κ2) is 10.8. The minimum absolute atomic E-state index is 0.810. The number of hydrogen-bond donors (Lipinski definition) is 2. The van der Waals surface area contributed by atoms with Crippen molar-refractivity contribution in [3.05, 3.63) is 0 Å². The monoisotopic (exact) mass is 386 g/mol. The molecule has 6 heteroatoms. The van der Waals surface area contributed by atoms with Crippen LogP contribution in [0.4, 0.5) is 0 Å². The van der Waals surface area contributed by atoms with Crippen molar-refractivity contribution < 1.29 is 0 Å². The molecule has 0 amide bonds. The normalized spacial score (nSPS) is 33.9. The number of thioether (sulfide) groups is 4. The van der Waals surface area contributed by atoms with Crippen LogP contribution in [0.5, 0.6) is 0 Å². The summed E-state index contributed by atoms with van der Waals surface area (Å²) in [7, 11) is 0. The van der Waals surface area contributed by atoms with Gasteiger partial charge in [0, 0.05) is 33.5 Å². The van der Waals surface area contributed by atoms with Crippen LogP contribution in [0.1, 0.15) is 38.5 Å². The fraction of sp³-hybridized carbons (Fsp3) is 1.00. The third kappa shape index (κ3) is 6.69. The Morgan fingerprint density at radius 1 is 0.700 bits per heavy atom. The van der Waals surface area contributed by atoms with Crippen molar-refractivity contribution >= 4 is 72.3 Å². The predicted octanol–water partition coefficient (Wildman–Crippen LogP) is 5.54. The molecule has 0 nitrogen and oxygen atoms in total. The van der Waals surface area contributed by atoms with E-state index in [9.17, 15) is 0 Å². The van der Waals surface area contributed by atoms with Gasteiger partial charge in [-0.25, -0.2) is 0 Å². The molecule has 4 unspecified atom stereocenters. The summed E-state index contributed by atoms with van der Waals surface area (Å²) >= 11 is 17.5. The Balaban J connectivity index is 1.41. The van der Waals surface area contributed by atoms with Crippen LogP contribution in [0.25, 0.3) is 0 Å². The molecule has 0 N–H and O–H groups in total. The Kier molecular flexibility index (Phi) is 9.95. The Labute approximate surface area is 152 Å². The zero-order valence-electron chi connectivity index (χ0n) is 11.9. The third-order valence-electron chi connectivity index (χ3n) is 3.66. The van der Waals surface area contributed by atoms with Gasteiger partial charge in [0.05, 0.1) is 9.16 Å². The molecule has 2 aliphatic rings. The lowest BCUT2D eigenvalue weighted by Gasteiger charge is -2.10. The molecule has 0 aromatic rings. The van der Waals surface area contributed by atoms with E-state index in [1.807, 2.05) is 0 Å². The van der Waals surface area contributed by atoms with E-state index in [1.54, 1.807) is 0 Å². The van der Waals surface area contributed by atoms with Gasteiger partial charge < -0.3 is 0 Å². The molecule has 2 heterocycles. The number of unbranched alkanes of at least 4 members (excludes halogenated alkanes) is 3. The van der Waals surface area contributed by atoms with Gasteiger partial charge >= 0.3 is 0 Å². The van der Waals surface area contributed by atoms with Crippen molar-refractivity contribution in [1.82, 2.24) is 0 Å². The summed E-state index contributed by atoms with van der Waals surface area (Å²) < 4.78 is 1.73. The lowest BCUT2D eigenvalue weighted by Crippen LogP contribution is -2.02. The molecule has 0 aromatic heterocycles. The van der Waals surface area contributed by atoms with Crippen LogP contribution in [0.2, 0.25) is 0 Å². The van der Waals surface area contributed by atoms with E-state index >= 15 is 0 Å². The van der Waals surface area contributed by atoms with E-state index in [-0.39, 0.29) is 0 Å². The first-order chi connectivity index (χ1) is 9.81. The molecule has 0 spiro atoms. The number of hydrogen-bond acceptors (Lipinski definition) is 6. The summed E-state index contributed by atoms with van der Waals surface area (Å²) in [5.74, 6) is 4.75. The van der Waals surface area contributed by atoms with Gasteiger partial charge in [0.15, 0.2) is 0 Å². The Morgan fingerprint density at radius 2 is 1.15 bits per heavy atom. The zero-order chi connectivity index (χ0) is 14.2. The SMILES string of the molecule is SCC1CSC(CCCCCCC2SCC(CS)S2)S1. The minimum atomic E-state index is 0.810. The highest BCUT2D eigenvalue weighted by atomic mass is 32.2. The topological polar surface area (TPSA) is 0 Å². The van der Waals surface area contributed by atoms with E-state index < -0.39 is 0 Å². The van der Waals surface area contributed by atoms with Crippen LogP contribution in [0, 0.1) is 0 Å². The molecule has 20 heavy (non-hydrogen) atoms. The maximum atomic E-state index is 4.41. The second-order valence-electron chi connectivity index (χ2n) is 5.40. The van der Waals surface area contributed by atoms with Crippen LogP contribution < -0.4 is 0 Å². The van der Waals surface area contributed by atoms with Crippen LogP contribution in [-0.4, -0.2) is 42.7 Å². The van der Waals surface area contributed by atoms with Gasteiger partial charge in [-0.3, -0.25) is 0 Å². The summed E-state index contributed by atoms with van der Waals surface area (Å²) in [6, 6.07) is 0. The van der Waals surface area contributed by atoms with E-state index in [4.69, 9.17) is 0 Å². The Hall–Kier alpha value is 2.10. The summed E-state index contributed by atoms with van der Waals surface area (Å²) in [6.07, 6.45) is 8.54. The van der Waals surface area contributed by atoms with Crippen molar-refractivity contribution in [1.29, 1.82) is 0 Å². The molecule has 0 bridgehead atoms. The second-order valence-corrected chi connectivity index (χ2v) is 12.2. The molecule has 2 rings (SSSR count). The molecule has 0 aromatic carbocycles. The first-order valence-corrected chi connectivity index (χ1v) is 12.8. The first-order valence-electron chi connectivity index (χ1n) is 7.57. The zero-order valence-corrected chi connectivity index (χ0v) is 17.0. The molecule has 2 aliphatic heterocycles. The maximum Gasteiger partial charge on any atom is 0.0506 e. The summed E-state index contributed by atoms with van der Waals surface area (Å²) in [4.78, 5) is 0. The Morgan fingerprint density at radius 3 is 1.50 bits per heavy atom. The molecule has 0 aliphatic carbocycles. The van der Waals surface area contributed by atoms with Crippen LogP contribution in [-0.2, 0) is 0 Å². The van der Waals surface area contributed by atoms with Crippen LogP contribution in [0.3, 0.4) is 0 Å². The van der Waals surface area contributed by atoms with Gasteiger partial charge in [-0.2, -0.15) is 25.3 Å². The number of rotatable bonds is 9. The van der Waals surface area contributed by atoms with Crippen molar-refractivity contribution in [3.63, 3.8) is 0 Å². The van der Waals surface area contributed by atoms with Crippen LogP contribution in [0.15, 0.2) is 0 Å². The molecule has 4 atom stereocenters. The van der Waals surface area contributed by atoms with Gasteiger partial charge in [0.2, 0.25) is 0 Å². The van der Waals surface area contributed by atoms with E-state index in [1.165, 1.54) is 50.0 Å². The summed E-state index contributed by atoms with van der Waals surface area (Å²) in [5.41, 5.74) is 0. The quantitative estimate of drug-likeness (QED) is 0.394. The molecular formula is C14H26S6. The summed E-state index contributed by atoms with van der Waals surface area (Å²) in [6.45, 7) is 0. The molecular weight excluding hydrogens is 361 g/mol. The minimum Gasteiger partial charge on any atom is -0.178 e. The van der Waals surface area contributed by atoms with Crippen LogP contribution >= 0.6 is 72.3 Å². The molecule has 2 fully saturated rings. The highest BCUT2D eigenvalue weighted by molar-refractivity contribution is 8.21. The van der Waals surface area contributed by atoms with Gasteiger partial charge in [0.1, 0.15) is 0 Å². The summed E-state index contributed by atoms with van der Waals surface area (Å²) in [5, 5.41) is 1.62. The van der Waals surface area contributed by atoms with Crippen molar-refractivity contribution in [2.24, 2.45) is 0 Å². The average Bonchev–Trinajstić information content (AvgIpc) is 3.11. The largest absolute Gasteiger partial charge is 0.178 e. The van der Waals surface area contributed by atoms with Gasteiger partial charge in [-0.05, 0) is 12.8 Å². The lowest BCUT2D eigenvalue weighted by molar-refractivity contribution is 0.620.